The Bertz CT molecular complexity index is 687. The number of benzene rings is 2. The van der Waals surface area contributed by atoms with E-state index in [1.165, 1.54) is 11.8 Å². The van der Waals surface area contributed by atoms with E-state index in [2.05, 4.69) is 0 Å². The molecule has 0 fully saturated rings. The van der Waals surface area contributed by atoms with Gasteiger partial charge in [-0.05, 0) is 42.3 Å². The highest BCUT2D eigenvalue weighted by atomic mass is 32.2. The van der Waals surface area contributed by atoms with Crippen LogP contribution in [0.3, 0.4) is 0 Å². The summed E-state index contributed by atoms with van der Waals surface area (Å²) in [6, 6.07) is 12.5. The van der Waals surface area contributed by atoms with E-state index < -0.39 is 17.3 Å². The standard InChI is InChI=1S/C17H19NO4S/c1-10-3-8-14(13(18)9-10)23-16(15(19)17(20)21)11-4-6-12(22-2)7-5-11/h3-9,15-16,19H,18H2,1-2H3,(H,20,21)/t15-,16+/m0/s1. The normalized spacial score (nSPS) is 13.3. The first-order valence-corrected chi connectivity index (χ1v) is 7.88. The summed E-state index contributed by atoms with van der Waals surface area (Å²) in [5.41, 5.74) is 8.27. The molecule has 0 unspecified atom stereocenters. The van der Waals surface area contributed by atoms with Crippen molar-refractivity contribution in [2.45, 2.75) is 23.2 Å². The lowest BCUT2D eigenvalue weighted by molar-refractivity contribution is -0.146. The van der Waals surface area contributed by atoms with E-state index in [0.717, 1.165) is 10.5 Å². The SMILES string of the molecule is COc1ccc([C@@H](Sc2ccc(C)cc2N)[C@H](O)C(=O)O)cc1. The molecule has 0 aliphatic heterocycles. The third-order valence-corrected chi connectivity index (χ3v) is 4.81. The quantitative estimate of drug-likeness (QED) is 0.556. The second-order valence-electron chi connectivity index (χ2n) is 5.14. The zero-order valence-electron chi connectivity index (χ0n) is 12.9. The number of carboxylic acids is 1. The molecular weight excluding hydrogens is 314 g/mol. The predicted molar refractivity (Wildman–Crippen MR) is 90.8 cm³/mol. The Morgan fingerprint density at radius 3 is 2.39 bits per heavy atom. The summed E-state index contributed by atoms with van der Waals surface area (Å²) >= 11 is 1.23. The molecular formula is C17H19NO4S. The number of thioether (sulfide) groups is 1. The lowest BCUT2D eigenvalue weighted by Crippen LogP contribution is -2.26. The van der Waals surface area contributed by atoms with Crippen molar-refractivity contribution in [3.05, 3.63) is 53.6 Å². The molecule has 2 aromatic rings. The third-order valence-electron chi connectivity index (χ3n) is 3.40. The number of aliphatic hydroxyl groups is 1. The molecule has 2 rings (SSSR count). The van der Waals surface area contributed by atoms with Gasteiger partial charge in [0.15, 0.2) is 6.10 Å². The van der Waals surface area contributed by atoms with Gasteiger partial charge in [0.2, 0.25) is 0 Å². The molecule has 0 aliphatic rings. The van der Waals surface area contributed by atoms with Gasteiger partial charge < -0.3 is 20.7 Å². The van der Waals surface area contributed by atoms with Crippen LogP contribution >= 0.6 is 11.8 Å². The Morgan fingerprint density at radius 1 is 1.22 bits per heavy atom. The summed E-state index contributed by atoms with van der Waals surface area (Å²) in [7, 11) is 1.56. The maximum absolute atomic E-state index is 11.2. The number of aryl methyl sites for hydroxylation is 1. The van der Waals surface area contributed by atoms with Crippen LogP contribution in [0.25, 0.3) is 0 Å². The van der Waals surface area contributed by atoms with Crippen molar-refractivity contribution in [2.24, 2.45) is 0 Å². The van der Waals surface area contributed by atoms with Gasteiger partial charge in [-0.15, -0.1) is 11.8 Å². The molecule has 5 nitrogen and oxygen atoms in total. The lowest BCUT2D eigenvalue weighted by atomic mass is 10.1. The van der Waals surface area contributed by atoms with Crippen LogP contribution in [0.15, 0.2) is 47.4 Å². The van der Waals surface area contributed by atoms with E-state index in [0.29, 0.717) is 17.0 Å². The van der Waals surface area contributed by atoms with Crippen molar-refractivity contribution in [1.29, 1.82) is 0 Å². The first-order valence-electron chi connectivity index (χ1n) is 7.00. The van der Waals surface area contributed by atoms with E-state index in [1.807, 2.05) is 25.1 Å². The van der Waals surface area contributed by atoms with Gasteiger partial charge in [-0.2, -0.15) is 0 Å². The smallest absolute Gasteiger partial charge is 0.334 e. The second-order valence-corrected chi connectivity index (χ2v) is 6.32. The topological polar surface area (TPSA) is 92.8 Å². The zero-order chi connectivity index (χ0) is 17.0. The van der Waals surface area contributed by atoms with Crippen LogP contribution in [-0.2, 0) is 4.79 Å². The number of rotatable bonds is 6. The van der Waals surface area contributed by atoms with Crippen LogP contribution < -0.4 is 10.5 Å². The molecule has 4 N–H and O–H groups in total. The van der Waals surface area contributed by atoms with E-state index in [1.54, 1.807) is 31.4 Å². The van der Waals surface area contributed by atoms with Gasteiger partial charge >= 0.3 is 5.97 Å². The third kappa shape index (κ3) is 4.18. The Hall–Kier alpha value is -2.18. The molecule has 0 saturated carbocycles. The number of carboxylic acid groups (broad SMARTS) is 1. The fourth-order valence-electron chi connectivity index (χ4n) is 2.15. The Kier molecular flexibility index (Phi) is 5.52. The number of methoxy groups -OCH3 is 1. The Morgan fingerprint density at radius 2 is 1.87 bits per heavy atom. The fraction of sp³-hybridized carbons (Fsp3) is 0.235. The highest BCUT2D eigenvalue weighted by Crippen LogP contribution is 2.41. The number of ether oxygens (including phenoxy) is 1. The number of nitrogen functional groups attached to an aromatic ring is 1. The predicted octanol–water partition coefficient (Wildman–Crippen LogP) is 2.86. The van der Waals surface area contributed by atoms with Gasteiger partial charge in [0.25, 0.3) is 0 Å². The summed E-state index contributed by atoms with van der Waals surface area (Å²) in [6.07, 6.45) is -1.55. The highest BCUT2D eigenvalue weighted by molar-refractivity contribution is 7.99. The van der Waals surface area contributed by atoms with Gasteiger partial charge in [0.1, 0.15) is 5.75 Å². The van der Waals surface area contributed by atoms with Crippen molar-refractivity contribution in [3.8, 4) is 5.75 Å². The minimum Gasteiger partial charge on any atom is -0.497 e. The number of aliphatic carboxylic acids is 1. The molecule has 0 bridgehead atoms. The number of aliphatic hydroxyl groups excluding tert-OH is 1. The molecule has 0 aromatic heterocycles. The lowest BCUT2D eigenvalue weighted by Gasteiger charge is -2.21. The molecule has 0 saturated heterocycles. The van der Waals surface area contributed by atoms with Gasteiger partial charge in [0.05, 0.1) is 12.4 Å². The molecule has 0 radical (unpaired) electrons. The number of nitrogens with two attached hydrogens (primary N) is 1. The van der Waals surface area contributed by atoms with E-state index in [-0.39, 0.29) is 0 Å². The zero-order valence-corrected chi connectivity index (χ0v) is 13.7. The molecule has 6 heteroatoms. The largest absolute Gasteiger partial charge is 0.497 e. The maximum Gasteiger partial charge on any atom is 0.334 e. The fourth-order valence-corrected chi connectivity index (χ4v) is 3.30. The van der Waals surface area contributed by atoms with Crippen LogP contribution in [0.5, 0.6) is 5.75 Å². The van der Waals surface area contributed by atoms with Gasteiger partial charge in [-0.25, -0.2) is 4.79 Å². The van der Waals surface area contributed by atoms with Crippen molar-refractivity contribution in [3.63, 3.8) is 0 Å². The van der Waals surface area contributed by atoms with Gasteiger partial charge in [-0.1, -0.05) is 18.2 Å². The number of anilines is 1. The van der Waals surface area contributed by atoms with Gasteiger partial charge in [0, 0.05) is 10.6 Å². The van der Waals surface area contributed by atoms with E-state index in [4.69, 9.17) is 10.5 Å². The van der Waals surface area contributed by atoms with E-state index >= 15 is 0 Å². The monoisotopic (exact) mass is 333 g/mol. The maximum atomic E-state index is 11.2. The average Bonchev–Trinajstić information content (AvgIpc) is 2.53. The van der Waals surface area contributed by atoms with Crippen LogP contribution in [0.2, 0.25) is 0 Å². The first-order chi connectivity index (χ1) is 10.9. The molecule has 0 amide bonds. The van der Waals surface area contributed by atoms with Crippen molar-refractivity contribution in [1.82, 2.24) is 0 Å². The summed E-state index contributed by atoms with van der Waals surface area (Å²) in [6.45, 7) is 1.93. The number of carbonyl (C=O) groups is 1. The average molecular weight is 333 g/mol. The number of hydrogen-bond acceptors (Lipinski definition) is 5. The van der Waals surface area contributed by atoms with Crippen molar-refractivity contribution < 1.29 is 19.7 Å². The summed E-state index contributed by atoms with van der Waals surface area (Å²) in [4.78, 5) is 12.0. The first kappa shape index (κ1) is 17.2. The Labute approximate surface area is 139 Å². The molecule has 122 valence electrons. The summed E-state index contributed by atoms with van der Waals surface area (Å²) < 4.78 is 5.10. The minimum absolute atomic E-state index is 0.561. The van der Waals surface area contributed by atoms with Crippen LogP contribution in [-0.4, -0.2) is 29.4 Å². The van der Waals surface area contributed by atoms with Crippen molar-refractivity contribution >= 4 is 23.4 Å². The van der Waals surface area contributed by atoms with Crippen LogP contribution in [0, 0.1) is 6.92 Å². The van der Waals surface area contributed by atoms with E-state index in [9.17, 15) is 15.0 Å². The molecule has 0 spiro atoms. The van der Waals surface area contributed by atoms with Crippen LogP contribution in [0.4, 0.5) is 5.69 Å². The Balaban J connectivity index is 2.35. The molecule has 2 atom stereocenters. The van der Waals surface area contributed by atoms with Crippen molar-refractivity contribution in [2.75, 3.05) is 12.8 Å². The highest BCUT2D eigenvalue weighted by Gasteiger charge is 2.29. The molecule has 2 aromatic carbocycles. The number of hydrogen-bond donors (Lipinski definition) is 3. The molecule has 23 heavy (non-hydrogen) atoms. The molecule has 0 heterocycles. The van der Waals surface area contributed by atoms with Crippen LogP contribution in [0.1, 0.15) is 16.4 Å². The van der Waals surface area contributed by atoms with Gasteiger partial charge in [-0.3, -0.25) is 0 Å². The second kappa shape index (κ2) is 7.39. The minimum atomic E-state index is -1.55. The molecule has 0 aliphatic carbocycles. The summed E-state index contributed by atoms with van der Waals surface area (Å²) in [5, 5.41) is 18.6. The summed E-state index contributed by atoms with van der Waals surface area (Å²) in [5.74, 6) is -0.610.